The van der Waals surface area contributed by atoms with E-state index in [1.54, 1.807) is 0 Å². The van der Waals surface area contributed by atoms with E-state index in [2.05, 4.69) is 5.32 Å². The molecular formula is C19H17ClN2O4. The number of ether oxygens (including phenoxy) is 2. The summed E-state index contributed by atoms with van der Waals surface area (Å²) in [6.45, 7) is 0.140. The Morgan fingerprint density at radius 2 is 1.96 bits per heavy atom. The summed E-state index contributed by atoms with van der Waals surface area (Å²) in [5, 5.41) is 11.7. The van der Waals surface area contributed by atoms with E-state index in [-0.39, 0.29) is 41.8 Å². The van der Waals surface area contributed by atoms with Crippen molar-refractivity contribution in [1.29, 1.82) is 5.26 Å². The smallest absolute Gasteiger partial charge is 0.313 e. The van der Waals surface area contributed by atoms with Gasteiger partial charge in [0, 0.05) is 12.6 Å². The molecule has 2 aromatic carbocycles. The molecule has 26 heavy (non-hydrogen) atoms. The summed E-state index contributed by atoms with van der Waals surface area (Å²) < 4.78 is 10.3. The van der Waals surface area contributed by atoms with E-state index in [4.69, 9.17) is 26.3 Å². The standard InChI is InChI=1S/C19H17ClN2O4/c1-25-16-10-14(12-21)9-15(20)19(16)26-18(24)7-8-22-17(23)11-13-5-3-2-4-6-13/h2-6,9-10H,7-8,11H2,1H3,(H,22,23). The Morgan fingerprint density at radius 3 is 2.62 bits per heavy atom. The molecular weight excluding hydrogens is 356 g/mol. The van der Waals surface area contributed by atoms with Crippen LogP contribution >= 0.6 is 11.6 Å². The number of halogens is 1. The van der Waals surface area contributed by atoms with Crippen LogP contribution in [0.15, 0.2) is 42.5 Å². The number of nitriles is 1. The number of rotatable bonds is 7. The molecule has 0 aromatic heterocycles. The summed E-state index contributed by atoms with van der Waals surface area (Å²) >= 11 is 6.03. The van der Waals surface area contributed by atoms with Crippen molar-refractivity contribution in [1.82, 2.24) is 5.32 Å². The summed E-state index contributed by atoms with van der Waals surface area (Å²) in [5.41, 5.74) is 1.18. The maximum absolute atomic E-state index is 12.0. The van der Waals surface area contributed by atoms with Gasteiger partial charge < -0.3 is 14.8 Å². The monoisotopic (exact) mass is 372 g/mol. The van der Waals surface area contributed by atoms with Gasteiger partial charge in [-0.25, -0.2) is 0 Å². The van der Waals surface area contributed by atoms with E-state index in [1.165, 1.54) is 19.2 Å². The maximum atomic E-state index is 12.0. The molecule has 1 amide bonds. The Labute approximate surface area is 156 Å². The van der Waals surface area contributed by atoms with Gasteiger partial charge in [-0.15, -0.1) is 0 Å². The lowest BCUT2D eigenvalue weighted by atomic mass is 10.1. The highest BCUT2D eigenvalue weighted by Gasteiger charge is 2.16. The van der Waals surface area contributed by atoms with Gasteiger partial charge in [-0.2, -0.15) is 5.26 Å². The molecule has 0 heterocycles. The molecule has 2 aromatic rings. The summed E-state index contributed by atoms with van der Waals surface area (Å²) in [6.07, 6.45) is 0.213. The number of nitrogens with one attached hydrogen (secondary N) is 1. The fourth-order valence-corrected chi connectivity index (χ4v) is 2.45. The molecule has 0 atom stereocenters. The summed E-state index contributed by atoms with van der Waals surface area (Å²) in [6, 6.07) is 14.0. The first kappa shape index (κ1) is 19.3. The Kier molecular flexibility index (Phi) is 7.01. The SMILES string of the molecule is COc1cc(C#N)cc(Cl)c1OC(=O)CCNC(=O)Cc1ccccc1. The van der Waals surface area contributed by atoms with E-state index in [9.17, 15) is 9.59 Å². The van der Waals surface area contributed by atoms with E-state index < -0.39 is 5.97 Å². The van der Waals surface area contributed by atoms with E-state index in [0.29, 0.717) is 5.56 Å². The van der Waals surface area contributed by atoms with Crippen molar-refractivity contribution in [2.75, 3.05) is 13.7 Å². The molecule has 0 saturated carbocycles. The van der Waals surface area contributed by atoms with Gasteiger partial charge in [-0.1, -0.05) is 41.9 Å². The lowest BCUT2D eigenvalue weighted by Crippen LogP contribution is -2.28. The molecule has 134 valence electrons. The largest absolute Gasteiger partial charge is 0.493 e. The van der Waals surface area contributed by atoms with Crippen molar-refractivity contribution in [3.8, 4) is 17.6 Å². The highest BCUT2D eigenvalue weighted by Crippen LogP contribution is 2.36. The van der Waals surface area contributed by atoms with Gasteiger partial charge in [0.2, 0.25) is 5.91 Å². The lowest BCUT2D eigenvalue weighted by molar-refractivity contribution is -0.134. The molecule has 0 fully saturated rings. The van der Waals surface area contributed by atoms with Crippen molar-refractivity contribution < 1.29 is 19.1 Å². The Bertz CT molecular complexity index is 831. The zero-order chi connectivity index (χ0) is 18.9. The van der Waals surface area contributed by atoms with Gasteiger partial charge in [0.05, 0.1) is 36.6 Å². The number of methoxy groups -OCH3 is 1. The van der Waals surface area contributed by atoms with Gasteiger partial charge in [-0.05, 0) is 11.6 Å². The Morgan fingerprint density at radius 1 is 1.23 bits per heavy atom. The van der Waals surface area contributed by atoms with E-state index in [0.717, 1.165) is 5.56 Å². The van der Waals surface area contributed by atoms with Gasteiger partial charge >= 0.3 is 5.97 Å². The first-order valence-electron chi connectivity index (χ1n) is 7.82. The van der Waals surface area contributed by atoms with Crippen LogP contribution in [0.4, 0.5) is 0 Å². The van der Waals surface area contributed by atoms with Gasteiger partial charge in [0.1, 0.15) is 0 Å². The van der Waals surface area contributed by atoms with Crippen LogP contribution in [0.3, 0.4) is 0 Å². The second kappa shape index (κ2) is 9.44. The predicted octanol–water partition coefficient (Wildman–Crippen LogP) is 2.87. The number of benzene rings is 2. The van der Waals surface area contributed by atoms with Crippen molar-refractivity contribution in [2.24, 2.45) is 0 Å². The highest BCUT2D eigenvalue weighted by molar-refractivity contribution is 6.32. The average molecular weight is 373 g/mol. The number of esters is 1. The fraction of sp³-hybridized carbons (Fsp3) is 0.211. The number of amides is 1. The maximum Gasteiger partial charge on any atom is 0.313 e. The molecule has 0 unspecified atom stereocenters. The van der Waals surface area contributed by atoms with E-state index in [1.807, 2.05) is 36.4 Å². The fourth-order valence-electron chi connectivity index (χ4n) is 2.20. The molecule has 0 bridgehead atoms. The van der Waals surface area contributed by atoms with Crippen LogP contribution in [0, 0.1) is 11.3 Å². The third-order valence-electron chi connectivity index (χ3n) is 3.43. The highest BCUT2D eigenvalue weighted by atomic mass is 35.5. The Balaban J connectivity index is 1.86. The van der Waals surface area contributed by atoms with Crippen molar-refractivity contribution in [3.05, 3.63) is 58.6 Å². The van der Waals surface area contributed by atoms with E-state index >= 15 is 0 Å². The minimum Gasteiger partial charge on any atom is -0.493 e. The molecule has 0 aliphatic carbocycles. The van der Waals surface area contributed by atoms with Crippen molar-refractivity contribution in [2.45, 2.75) is 12.8 Å². The average Bonchev–Trinajstić information content (AvgIpc) is 2.63. The van der Waals surface area contributed by atoms with Crippen molar-refractivity contribution >= 4 is 23.5 Å². The first-order chi connectivity index (χ1) is 12.5. The second-order valence-electron chi connectivity index (χ2n) is 5.34. The number of nitrogens with zero attached hydrogens (tertiary/aromatic N) is 1. The summed E-state index contributed by atoms with van der Waals surface area (Å²) in [4.78, 5) is 23.8. The predicted molar refractivity (Wildman–Crippen MR) is 96.1 cm³/mol. The minimum absolute atomic E-state index is 0.0278. The molecule has 1 N–H and O–H groups in total. The van der Waals surface area contributed by atoms with Crippen LogP contribution in [0.5, 0.6) is 11.5 Å². The molecule has 2 rings (SSSR count). The summed E-state index contributed by atoms with van der Waals surface area (Å²) in [7, 11) is 1.38. The molecule has 0 aliphatic rings. The number of carbonyl (C=O) groups is 2. The number of carbonyl (C=O) groups excluding carboxylic acids is 2. The summed E-state index contributed by atoms with van der Waals surface area (Å²) in [5.74, 6) is -0.516. The van der Waals surface area contributed by atoms with Crippen LogP contribution in [-0.2, 0) is 16.0 Å². The van der Waals surface area contributed by atoms with Crippen LogP contribution in [0.1, 0.15) is 17.5 Å². The van der Waals surface area contributed by atoms with Gasteiger partial charge in [0.25, 0.3) is 0 Å². The van der Waals surface area contributed by atoms with Gasteiger partial charge in [0.15, 0.2) is 11.5 Å². The number of hydrogen-bond acceptors (Lipinski definition) is 5. The second-order valence-corrected chi connectivity index (χ2v) is 5.74. The van der Waals surface area contributed by atoms with Crippen LogP contribution < -0.4 is 14.8 Å². The molecule has 0 saturated heterocycles. The molecule has 6 nitrogen and oxygen atoms in total. The molecule has 0 spiro atoms. The zero-order valence-electron chi connectivity index (χ0n) is 14.1. The normalized spacial score (nSPS) is 9.88. The topological polar surface area (TPSA) is 88.4 Å². The van der Waals surface area contributed by atoms with Crippen molar-refractivity contribution in [3.63, 3.8) is 0 Å². The molecule has 7 heteroatoms. The van der Waals surface area contributed by atoms with Crippen LogP contribution in [-0.4, -0.2) is 25.5 Å². The first-order valence-corrected chi connectivity index (χ1v) is 8.20. The minimum atomic E-state index is -0.574. The van der Waals surface area contributed by atoms with Crippen LogP contribution in [0.2, 0.25) is 5.02 Å². The molecule has 0 radical (unpaired) electrons. The molecule has 0 aliphatic heterocycles. The third kappa shape index (κ3) is 5.50. The zero-order valence-corrected chi connectivity index (χ0v) is 14.9. The third-order valence-corrected chi connectivity index (χ3v) is 3.71. The quantitative estimate of drug-likeness (QED) is 0.596. The lowest BCUT2D eigenvalue weighted by Gasteiger charge is -2.11. The Hall–Kier alpha value is -3.04. The van der Waals surface area contributed by atoms with Gasteiger partial charge in [-0.3, -0.25) is 9.59 Å². The number of hydrogen-bond donors (Lipinski definition) is 1. The van der Waals surface area contributed by atoms with Crippen LogP contribution in [0.25, 0.3) is 0 Å².